The Morgan fingerprint density at radius 1 is 0.600 bits per heavy atom. The first-order valence-electron chi connectivity index (χ1n) is 13.1. The van der Waals surface area contributed by atoms with Crippen LogP contribution in [0.2, 0.25) is 0 Å². The second-order valence-corrected chi connectivity index (χ2v) is 9.77. The van der Waals surface area contributed by atoms with Gasteiger partial charge in [0.15, 0.2) is 0 Å². The van der Waals surface area contributed by atoms with Crippen molar-refractivity contribution in [1.29, 1.82) is 0 Å². The summed E-state index contributed by atoms with van der Waals surface area (Å²) in [7, 11) is 3.28. The van der Waals surface area contributed by atoms with Crippen LogP contribution in [0.1, 0.15) is 36.8 Å². The Hall–Kier alpha value is -4.91. The van der Waals surface area contributed by atoms with Crippen LogP contribution < -0.4 is 20.1 Å². The van der Waals surface area contributed by atoms with Crippen molar-refractivity contribution in [3.05, 3.63) is 102 Å². The Bertz CT molecular complexity index is 1590. The summed E-state index contributed by atoms with van der Waals surface area (Å²) in [4.78, 5) is 30.6. The average molecular weight is 534 g/mol. The molecule has 7 nitrogen and oxygen atoms in total. The number of nitrogens with zero attached hydrogens (tertiary/aromatic N) is 1. The van der Waals surface area contributed by atoms with E-state index in [1.807, 2.05) is 86.6 Å². The molecule has 0 radical (unpaired) electrons. The Morgan fingerprint density at radius 3 is 1.43 bits per heavy atom. The fourth-order valence-corrected chi connectivity index (χ4v) is 4.62. The van der Waals surface area contributed by atoms with E-state index in [1.165, 1.54) is 0 Å². The highest BCUT2D eigenvalue weighted by atomic mass is 16.5. The highest BCUT2D eigenvalue weighted by Crippen LogP contribution is 2.27. The van der Waals surface area contributed by atoms with Crippen LogP contribution in [0.15, 0.2) is 91.0 Å². The van der Waals surface area contributed by atoms with Crippen molar-refractivity contribution in [2.24, 2.45) is 0 Å². The molecule has 2 atom stereocenters. The van der Waals surface area contributed by atoms with Crippen molar-refractivity contribution in [3.63, 3.8) is 0 Å². The van der Waals surface area contributed by atoms with Gasteiger partial charge in [0.2, 0.25) is 11.8 Å². The highest BCUT2D eigenvalue weighted by molar-refractivity contribution is 5.98. The van der Waals surface area contributed by atoms with E-state index < -0.39 is 11.8 Å². The predicted octanol–water partition coefficient (Wildman–Crippen LogP) is 6.89. The van der Waals surface area contributed by atoms with E-state index in [-0.39, 0.29) is 11.8 Å². The number of pyridine rings is 1. The summed E-state index contributed by atoms with van der Waals surface area (Å²) in [6.45, 7) is 3.71. The van der Waals surface area contributed by atoms with Crippen LogP contribution in [0.4, 0.5) is 11.6 Å². The number of anilines is 2. The third-order valence-electron chi connectivity index (χ3n) is 7.18. The van der Waals surface area contributed by atoms with Gasteiger partial charge in [-0.05, 0) is 82.9 Å². The molecule has 2 unspecified atom stereocenters. The van der Waals surface area contributed by atoms with Gasteiger partial charge < -0.3 is 20.1 Å². The molecular formula is C33H31N3O4. The van der Waals surface area contributed by atoms with Gasteiger partial charge in [0.1, 0.15) is 23.1 Å². The highest BCUT2D eigenvalue weighted by Gasteiger charge is 2.19. The van der Waals surface area contributed by atoms with E-state index in [0.717, 1.165) is 44.2 Å². The molecule has 0 saturated heterocycles. The molecule has 4 aromatic carbocycles. The molecule has 0 bridgehead atoms. The predicted molar refractivity (Wildman–Crippen MR) is 159 cm³/mol. The van der Waals surface area contributed by atoms with E-state index in [1.54, 1.807) is 32.4 Å². The topological polar surface area (TPSA) is 89.6 Å². The lowest BCUT2D eigenvalue weighted by Gasteiger charge is -2.15. The third-order valence-corrected chi connectivity index (χ3v) is 7.18. The van der Waals surface area contributed by atoms with E-state index in [0.29, 0.717) is 11.6 Å². The van der Waals surface area contributed by atoms with Crippen LogP contribution in [0.25, 0.3) is 21.5 Å². The first-order valence-corrected chi connectivity index (χ1v) is 13.1. The number of aromatic nitrogens is 1. The van der Waals surface area contributed by atoms with Crippen LogP contribution in [0, 0.1) is 0 Å². The third kappa shape index (κ3) is 5.73. The van der Waals surface area contributed by atoms with Crippen molar-refractivity contribution < 1.29 is 19.1 Å². The second kappa shape index (κ2) is 11.5. The molecule has 2 amide bonds. The van der Waals surface area contributed by atoms with Gasteiger partial charge in [-0.15, -0.1) is 0 Å². The molecule has 1 heterocycles. The Labute approximate surface area is 233 Å². The van der Waals surface area contributed by atoms with Crippen molar-refractivity contribution >= 4 is 45.0 Å². The van der Waals surface area contributed by atoms with Gasteiger partial charge in [-0.1, -0.05) is 54.6 Å². The number of carbonyl (C=O) groups is 2. The number of rotatable bonds is 8. The van der Waals surface area contributed by atoms with Crippen molar-refractivity contribution in [3.8, 4) is 11.5 Å². The van der Waals surface area contributed by atoms with Crippen molar-refractivity contribution in [2.75, 3.05) is 24.9 Å². The first-order chi connectivity index (χ1) is 19.3. The summed E-state index contributed by atoms with van der Waals surface area (Å²) in [6.07, 6.45) is 0. The Morgan fingerprint density at radius 2 is 1.00 bits per heavy atom. The lowest BCUT2D eigenvalue weighted by Crippen LogP contribution is -2.21. The minimum Gasteiger partial charge on any atom is -0.497 e. The molecule has 0 aliphatic carbocycles. The summed E-state index contributed by atoms with van der Waals surface area (Å²) in [5.41, 5.74) is 1.78. The van der Waals surface area contributed by atoms with E-state index in [9.17, 15) is 9.59 Å². The summed E-state index contributed by atoms with van der Waals surface area (Å²) in [6, 6.07) is 28.7. The average Bonchev–Trinajstić information content (AvgIpc) is 2.99. The van der Waals surface area contributed by atoms with Gasteiger partial charge in [-0.25, -0.2) is 4.98 Å². The number of hydrogen-bond acceptors (Lipinski definition) is 5. The van der Waals surface area contributed by atoms with E-state index in [4.69, 9.17) is 9.47 Å². The van der Waals surface area contributed by atoms with E-state index >= 15 is 0 Å². The number of fused-ring (bicyclic) bond motifs is 2. The van der Waals surface area contributed by atoms with Crippen LogP contribution in [-0.2, 0) is 9.59 Å². The van der Waals surface area contributed by atoms with Crippen LogP contribution >= 0.6 is 0 Å². The van der Waals surface area contributed by atoms with Crippen LogP contribution in [-0.4, -0.2) is 31.0 Å². The molecule has 1 aromatic heterocycles. The number of hydrogen-bond donors (Lipinski definition) is 2. The fraction of sp³-hybridized carbons (Fsp3) is 0.182. The zero-order valence-electron chi connectivity index (χ0n) is 22.9. The zero-order valence-corrected chi connectivity index (χ0v) is 22.9. The molecule has 2 N–H and O–H groups in total. The number of ether oxygens (including phenoxy) is 2. The Balaban J connectivity index is 1.25. The van der Waals surface area contributed by atoms with Crippen LogP contribution in [0.5, 0.6) is 11.5 Å². The zero-order chi connectivity index (χ0) is 28.2. The van der Waals surface area contributed by atoms with Crippen molar-refractivity contribution in [1.82, 2.24) is 4.98 Å². The first kappa shape index (κ1) is 26.7. The Kier molecular flexibility index (Phi) is 7.64. The van der Waals surface area contributed by atoms with E-state index in [2.05, 4.69) is 15.6 Å². The molecule has 202 valence electrons. The number of methoxy groups -OCH3 is 2. The number of nitrogens with one attached hydrogen (secondary N) is 2. The molecule has 0 fully saturated rings. The number of carbonyl (C=O) groups excluding carboxylic acids is 2. The summed E-state index contributed by atoms with van der Waals surface area (Å²) in [5, 5.41) is 9.90. The standard InChI is InChI=1S/C33H31N3O4/c1-20(22-8-10-26-18-28(39-3)14-12-24(26)16-22)32(37)35-30-6-5-7-31(34-30)36-33(38)21(2)23-9-11-27-19-29(40-4)15-13-25(27)17-23/h5-21H,1-4H3,(H2,34,35,36,37,38). The molecule has 5 aromatic rings. The van der Waals surface area contributed by atoms with Crippen LogP contribution in [0.3, 0.4) is 0 Å². The second-order valence-electron chi connectivity index (χ2n) is 9.77. The maximum Gasteiger partial charge on any atom is 0.232 e. The molecular weight excluding hydrogens is 502 g/mol. The van der Waals surface area contributed by atoms with Gasteiger partial charge in [-0.2, -0.15) is 0 Å². The van der Waals surface area contributed by atoms with Gasteiger partial charge in [0.05, 0.1) is 26.1 Å². The minimum absolute atomic E-state index is 0.190. The maximum absolute atomic E-state index is 13.1. The molecule has 0 aliphatic heterocycles. The summed E-state index contributed by atoms with van der Waals surface area (Å²) in [5.74, 6) is 1.13. The smallest absolute Gasteiger partial charge is 0.232 e. The number of benzene rings is 4. The quantitative estimate of drug-likeness (QED) is 0.227. The summed E-state index contributed by atoms with van der Waals surface area (Å²) < 4.78 is 10.6. The van der Waals surface area contributed by atoms with Gasteiger partial charge in [-0.3, -0.25) is 9.59 Å². The minimum atomic E-state index is -0.403. The van der Waals surface area contributed by atoms with Crippen molar-refractivity contribution in [2.45, 2.75) is 25.7 Å². The van der Waals surface area contributed by atoms with Gasteiger partial charge in [0.25, 0.3) is 0 Å². The molecule has 40 heavy (non-hydrogen) atoms. The molecule has 0 saturated carbocycles. The number of amides is 2. The van der Waals surface area contributed by atoms with Gasteiger partial charge >= 0.3 is 0 Å². The SMILES string of the molecule is COc1ccc2cc(C(C)C(=O)Nc3cccc(NC(=O)C(C)c4ccc5cc(OC)ccc5c4)n3)ccc2c1. The molecule has 0 spiro atoms. The molecule has 7 heteroatoms. The monoisotopic (exact) mass is 533 g/mol. The normalized spacial score (nSPS) is 12.5. The molecule has 5 rings (SSSR count). The lowest BCUT2D eigenvalue weighted by molar-refractivity contribution is -0.118. The maximum atomic E-state index is 13.1. The fourth-order valence-electron chi connectivity index (χ4n) is 4.62. The summed E-state index contributed by atoms with van der Waals surface area (Å²) >= 11 is 0. The lowest BCUT2D eigenvalue weighted by atomic mass is 9.97. The molecule has 0 aliphatic rings. The largest absolute Gasteiger partial charge is 0.497 e. The van der Waals surface area contributed by atoms with Gasteiger partial charge in [0, 0.05) is 0 Å².